The third-order valence-corrected chi connectivity index (χ3v) is 5.37. The molecule has 0 bridgehead atoms. The first-order valence-electron chi connectivity index (χ1n) is 9.07. The molecule has 0 atom stereocenters. The lowest BCUT2D eigenvalue weighted by Gasteiger charge is -2.13. The van der Waals surface area contributed by atoms with Crippen LogP contribution >= 0.6 is 11.6 Å². The van der Waals surface area contributed by atoms with E-state index in [2.05, 4.69) is 84.9 Å². The molecular formula is C26H17Cl. The summed E-state index contributed by atoms with van der Waals surface area (Å²) in [6.07, 6.45) is 0. The van der Waals surface area contributed by atoms with Gasteiger partial charge in [-0.05, 0) is 55.9 Å². The van der Waals surface area contributed by atoms with Crippen molar-refractivity contribution in [1.29, 1.82) is 0 Å². The second-order valence-electron chi connectivity index (χ2n) is 6.74. The van der Waals surface area contributed by atoms with Gasteiger partial charge in [-0.3, -0.25) is 0 Å². The molecule has 5 aromatic carbocycles. The normalized spacial score (nSPS) is 11.1. The van der Waals surface area contributed by atoms with Crippen molar-refractivity contribution in [3.63, 3.8) is 0 Å². The van der Waals surface area contributed by atoms with Gasteiger partial charge in [0.2, 0.25) is 0 Å². The molecule has 5 aromatic rings. The van der Waals surface area contributed by atoms with E-state index in [0.717, 1.165) is 10.6 Å². The van der Waals surface area contributed by atoms with Crippen LogP contribution in [0.3, 0.4) is 0 Å². The van der Waals surface area contributed by atoms with E-state index in [9.17, 15) is 0 Å². The Kier molecular flexibility index (Phi) is 3.92. The second-order valence-corrected chi connectivity index (χ2v) is 7.18. The van der Waals surface area contributed by atoms with Gasteiger partial charge in [0, 0.05) is 5.02 Å². The Bertz CT molecular complexity index is 1280. The fourth-order valence-electron chi connectivity index (χ4n) is 3.91. The molecule has 0 aromatic heterocycles. The summed E-state index contributed by atoms with van der Waals surface area (Å²) in [4.78, 5) is 0. The first kappa shape index (κ1) is 16.1. The predicted octanol–water partition coefficient (Wildman–Crippen LogP) is 7.98. The van der Waals surface area contributed by atoms with Gasteiger partial charge in [0.05, 0.1) is 0 Å². The maximum absolute atomic E-state index is 6.24. The molecule has 0 fully saturated rings. The van der Waals surface area contributed by atoms with Gasteiger partial charge in [-0.15, -0.1) is 0 Å². The molecule has 0 aliphatic carbocycles. The van der Waals surface area contributed by atoms with Crippen LogP contribution in [0.25, 0.3) is 43.8 Å². The van der Waals surface area contributed by atoms with Gasteiger partial charge >= 0.3 is 0 Å². The number of rotatable bonds is 2. The molecule has 5 rings (SSSR count). The van der Waals surface area contributed by atoms with Crippen LogP contribution in [-0.2, 0) is 0 Å². The summed E-state index contributed by atoms with van der Waals surface area (Å²) in [7, 11) is 0. The molecule has 0 heterocycles. The van der Waals surface area contributed by atoms with Crippen LogP contribution in [-0.4, -0.2) is 0 Å². The number of fused-ring (bicyclic) bond motifs is 2. The highest BCUT2D eigenvalue weighted by molar-refractivity contribution is 6.31. The summed E-state index contributed by atoms with van der Waals surface area (Å²) in [5, 5.41) is 5.80. The van der Waals surface area contributed by atoms with Crippen molar-refractivity contribution < 1.29 is 0 Å². The molecule has 0 spiro atoms. The van der Waals surface area contributed by atoms with Crippen LogP contribution in [0.5, 0.6) is 0 Å². The minimum absolute atomic E-state index is 0.759. The smallest absolute Gasteiger partial charge is 0.0412 e. The molecule has 0 amide bonds. The molecule has 0 unspecified atom stereocenters. The fraction of sp³-hybridized carbons (Fsp3) is 0. The molecular weight excluding hydrogens is 348 g/mol. The van der Waals surface area contributed by atoms with Gasteiger partial charge in [0.25, 0.3) is 0 Å². The molecule has 0 aliphatic rings. The number of hydrogen-bond acceptors (Lipinski definition) is 0. The standard InChI is InChI=1S/C26H17Cl/c27-20-10-3-9-19(17-20)22-12-5-15-26-24(22)14-6-16-25(26)23-13-4-8-18-7-1-2-11-21(18)23/h1-17H. The summed E-state index contributed by atoms with van der Waals surface area (Å²) in [6.45, 7) is 0. The topological polar surface area (TPSA) is 0 Å². The SMILES string of the molecule is Clc1cccc(-c2cccc3c(-c4cccc5ccccc45)cccc23)c1. The Balaban J connectivity index is 1.81. The van der Waals surface area contributed by atoms with E-state index < -0.39 is 0 Å². The second kappa shape index (κ2) is 6.57. The van der Waals surface area contributed by atoms with Crippen LogP contribution in [0.4, 0.5) is 0 Å². The number of hydrogen-bond donors (Lipinski definition) is 0. The average molecular weight is 365 g/mol. The molecule has 1 heteroatoms. The van der Waals surface area contributed by atoms with Gasteiger partial charge in [-0.2, -0.15) is 0 Å². The first-order chi connectivity index (χ1) is 13.3. The summed E-state index contributed by atoms with van der Waals surface area (Å²) in [5.41, 5.74) is 4.87. The molecule has 27 heavy (non-hydrogen) atoms. The van der Waals surface area contributed by atoms with Gasteiger partial charge in [0.1, 0.15) is 0 Å². The highest BCUT2D eigenvalue weighted by Gasteiger charge is 2.10. The zero-order valence-corrected chi connectivity index (χ0v) is 15.4. The van der Waals surface area contributed by atoms with Gasteiger partial charge in [-0.1, -0.05) is 103 Å². The van der Waals surface area contributed by atoms with E-state index >= 15 is 0 Å². The maximum atomic E-state index is 6.24. The van der Waals surface area contributed by atoms with Gasteiger partial charge < -0.3 is 0 Å². The number of halogens is 1. The van der Waals surface area contributed by atoms with E-state index in [1.165, 1.54) is 38.2 Å². The van der Waals surface area contributed by atoms with Crippen molar-refractivity contribution >= 4 is 33.1 Å². The van der Waals surface area contributed by atoms with Crippen molar-refractivity contribution in [2.75, 3.05) is 0 Å². The average Bonchev–Trinajstić information content (AvgIpc) is 2.72. The van der Waals surface area contributed by atoms with Crippen molar-refractivity contribution in [1.82, 2.24) is 0 Å². The minimum atomic E-state index is 0.759. The molecule has 0 radical (unpaired) electrons. The fourth-order valence-corrected chi connectivity index (χ4v) is 4.10. The highest BCUT2D eigenvalue weighted by Crippen LogP contribution is 2.37. The molecule has 0 saturated carbocycles. The number of benzene rings is 5. The van der Waals surface area contributed by atoms with Crippen LogP contribution < -0.4 is 0 Å². The summed E-state index contributed by atoms with van der Waals surface area (Å²) in [6, 6.07) is 36.2. The third kappa shape index (κ3) is 2.79. The monoisotopic (exact) mass is 364 g/mol. The lowest BCUT2D eigenvalue weighted by atomic mass is 9.91. The zero-order chi connectivity index (χ0) is 18.2. The zero-order valence-electron chi connectivity index (χ0n) is 14.7. The Morgan fingerprint density at radius 1 is 0.444 bits per heavy atom. The largest absolute Gasteiger partial charge is 0.0843 e. The van der Waals surface area contributed by atoms with Crippen LogP contribution in [0.2, 0.25) is 5.02 Å². The van der Waals surface area contributed by atoms with Crippen LogP contribution in [0.1, 0.15) is 0 Å². The Hall–Kier alpha value is -3.09. The summed E-state index contributed by atoms with van der Waals surface area (Å²) < 4.78 is 0. The van der Waals surface area contributed by atoms with Crippen LogP contribution in [0.15, 0.2) is 103 Å². The molecule has 0 N–H and O–H groups in total. The maximum Gasteiger partial charge on any atom is 0.0412 e. The van der Waals surface area contributed by atoms with Gasteiger partial charge in [-0.25, -0.2) is 0 Å². The summed E-state index contributed by atoms with van der Waals surface area (Å²) in [5.74, 6) is 0. The Labute approximate surface area is 163 Å². The predicted molar refractivity (Wildman–Crippen MR) is 117 cm³/mol. The van der Waals surface area contributed by atoms with E-state index in [4.69, 9.17) is 11.6 Å². The molecule has 0 saturated heterocycles. The Morgan fingerprint density at radius 3 is 1.81 bits per heavy atom. The van der Waals surface area contributed by atoms with Gasteiger partial charge in [0.15, 0.2) is 0 Å². The molecule has 0 nitrogen and oxygen atoms in total. The van der Waals surface area contributed by atoms with E-state index in [0.29, 0.717) is 0 Å². The van der Waals surface area contributed by atoms with Crippen LogP contribution in [0, 0.1) is 0 Å². The lowest BCUT2D eigenvalue weighted by molar-refractivity contribution is 1.64. The van der Waals surface area contributed by atoms with Crippen molar-refractivity contribution in [3.05, 3.63) is 108 Å². The molecule has 128 valence electrons. The Morgan fingerprint density at radius 2 is 1.00 bits per heavy atom. The van der Waals surface area contributed by atoms with Crippen molar-refractivity contribution in [2.45, 2.75) is 0 Å². The van der Waals surface area contributed by atoms with Crippen molar-refractivity contribution in [2.24, 2.45) is 0 Å². The highest BCUT2D eigenvalue weighted by atomic mass is 35.5. The summed E-state index contributed by atoms with van der Waals surface area (Å²) >= 11 is 6.24. The lowest BCUT2D eigenvalue weighted by Crippen LogP contribution is -1.86. The first-order valence-corrected chi connectivity index (χ1v) is 9.45. The van der Waals surface area contributed by atoms with Crippen molar-refractivity contribution in [3.8, 4) is 22.3 Å². The van der Waals surface area contributed by atoms with E-state index in [1.54, 1.807) is 0 Å². The quantitative estimate of drug-likeness (QED) is 0.298. The molecule has 0 aliphatic heterocycles. The third-order valence-electron chi connectivity index (χ3n) is 5.14. The minimum Gasteiger partial charge on any atom is -0.0843 e. The van der Waals surface area contributed by atoms with E-state index in [1.807, 2.05) is 18.2 Å². The van der Waals surface area contributed by atoms with E-state index in [-0.39, 0.29) is 0 Å².